The molecule has 0 radical (unpaired) electrons. The molecule has 1 N–H and O–H groups in total. The number of aliphatic imine (C=N–C) groups is 1. The van der Waals surface area contributed by atoms with Crippen LogP contribution in [0.4, 0.5) is 5.69 Å². The molecule has 8 nitrogen and oxygen atoms in total. The molecule has 8 heteroatoms. The highest BCUT2D eigenvalue weighted by atomic mass is 16.5. The van der Waals surface area contributed by atoms with E-state index in [1.807, 2.05) is 35.8 Å². The molecule has 1 amide bonds. The number of benzene rings is 1. The second kappa shape index (κ2) is 8.98. The summed E-state index contributed by atoms with van der Waals surface area (Å²) in [5.41, 5.74) is 1.78. The minimum absolute atomic E-state index is 0.0305. The maximum Gasteiger partial charge on any atom is 0.246 e. The summed E-state index contributed by atoms with van der Waals surface area (Å²) < 4.78 is 13.8. The summed E-state index contributed by atoms with van der Waals surface area (Å²) >= 11 is 0. The number of carbonyl (C=O) groups is 1. The molecule has 1 aromatic carbocycles. The molecule has 0 unspecified atom stereocenters. The molecule has 0 atom stereocenters. The Hall–Kier alpha value is -3.03. The molecule has 0 bridgehead atoms. The maximum atomic E-state index is 11.6. The van der Waals surface area contributed by atoms with Gasteiger partial charge >= 0.3 is 0 Å². The number of nitrogens with zero attached hydrogens (tertiary/aromatic N) is 4. The molecule has 2 aliphatic rings. The van der Waals surface area contributed by atoms with Gasteiger partial charge in [-0.3, -0.25) is 10.1 Å². The van der Waals surface area contributed by atoms with Gasteiger partial charge in [-0.1, -0.05) is 19.3 Å². The van der Waals surface area contributed by atoms with Gasteiger partial charge in [-0.2, -0.15) is 0 Å². The number of amides is 1. The topological polar surface area (TPSA) is 81.0 Å². The molecule has 1 aromatic heterocycles. The summed E-state index contributed by atoms with van der Waals surface area (Å²) in [6.45, 7) is 2.61. The highest BCUT2D eigenvalue weighted by Gasteiger charge is 2.31. The van der Waals surface area contributed by atoms with Crippen molar-refractivity contribution in [3.8, 4) is 11.5 Å². The first-order valence-corrected chi connectivity index (χ1v) is 10.2. The van der Waals surface area contributed by atoms with Crippen LogP contribution in [0, 0.1) is 0 Å². The molecule has 0 aliphatic carbocycles. The van der Waals surface area contributed by atoms with E-state index in [2.05, 4.69) is 19.9 Å². The zero-order valence-electron chi connectivity index (χ0n) is 16.8. The van der Waals surface area contributed by atoms with Gasteiger partial charge in [0.05, 0.1) is 32.3 Å². The van der Waals surface area contributed by atoms with Gasteiger partial charge in [0, 0.05) is 24.5 Å². The number of imidazole rings is 1. The summed E-state index contributed by atoms with van der Waals surface area (Å²) in [7, 11) is 1.65. The van der Waals surface area contributed by atoms with Crippen LogP contribution in [0.2, 0.25) is 0 Å². The van der Waals surface area contributed by atoms with E-state index in [-0.39, 0.29) is 5.91 Å². The molecule has 0 saturated carbocycles. The number of aryl methyl sites for hydroxylation is 1. The molecule has 1 saturated heterocycles. The van der Waals surface area contributed by atoms with Gasteiger partial charge in [-0.05, 0) is 25.0 Å². The van der Waals surface area contributed by atoms with Crippen molar-refractivity contribution < 1.29 is 14.3 Å². The Balaban J connectivity index is 1.24. The standard InChI is InChI=1S/C21H27N5O3/c1-28-20-16-13-26-14-19(27)24-21(26)23-17(16)7-8-18(20)29-12-6-4-2-3-5-10-25-11-9-22-15-25/h7-9,11,15H,2-6,10,12-14H2,1H3,(H,23,24,27). The Bertz CT molecular complexity index is 879. The van der Waals surface area contributed by atoms with Crippen LogP contribution in [-0.2, 0) is 17.9 Å². The van der Waals surface area contributed by atoms with Crippen LogP contribution in [0.1, 0.15) is 37.7 Å². The van der Waals surface area contributed by atoms with Crippen molar-refractivity contribution in [2.45, 2.75) is 45.2 Å². The van der Waals surface area contributed by atoms with Crippen molar-refractivity contribution in [1.82, 2.24) is 19.8 Å². The van der Waals surface area contributed by atoms with Gasteiger partial charge in [0.1, 0.15) is 6.54 Å². The Labute approximate surface area is 170 Å². The number of guanidine groups is 1. The van der Waals surface area contributed by atoms with E-state index in [9.17, 15) is 4.79 Å². The maximum absolute atomic E-state index is 11.6. The quantitative estimate of drug-likeness (QED) is 0.624. The number of hydrogen-bond donors (Lipinski definition) is 1. The smallest absolute Gasteiger partial charge is 0.246 e. The number of hydrogen-bond acceptors (Lipinski definition) is 6. The summed E-state index contributed by atoms with van der Waals surface area (Å²) in [5, 5.41) is 2.78. The van der Waals surface area contributed by atoms with E-state index < -0.39 is 0 Å². The van der Waals surface area contributed by atoms with E-state index in [1.54, 1.807) is 7.11 Å². The van der Waals surface area contributed by atoms with Crippen LogP contribution in [0.15, 0.2) is 35.8 Å². The average molecular weight is 397 g/mol. The lowest BCUT2D eigenvalue weighted by atomic mass is 10.1. The van der Waals surface area contributed by atoms with Gasteiger partial charge in [0.15, 0.2) is 11.5 Å². The third-order valence-electron chi connectivity index (χ3n) is 5.24. The van der Waals surface area contributed by atoms with Gasteiger partial charge in [0.2, 0.25) is 11.9 Å². The Kier molecular flexibility index (Phi) is 5.97. The summed E-state index contributed by atoms with van der Waals surface area (Å²) in [4.78, 5) is 22.1. The molecular formula is C21H27N5O3. The molecule has 0 spiro atoms. The van der Waals surface area contributed by atoms with Crippen molar-refractivity contribution in [1.29, 1.82) is 0 Å². The highest BCUT2D eigenvalue weighted by molar-refractivity contribution is 6.06. The molecule has 1 fully saturated rings. The average Bonchev–Trinajstić information content (AvgIpc) is 3.36. The number of unbranched alkanes of at least 4 members (excludes halogenated alkanes) is 4. The molecular weight excluding hydrogens is 370 g/mol. The number of fused-ring (bicyclic) bond motifs is 2. The van der Waals surface area contributed by atoms with E-state index >= 15 is 0 Å². The van der Waals surface area contributed by atoms with Crippen molar-refractivity contribution in [3.63, 3.8) is 0 Å². The minimum Gasteiger partial charge on any atom is -0.492 e. The number of ether oxygens (including phenoxy) is 2. The van der Waals surface area contributed by atoms with Crippen LogP contribution < -0.4 is 14.8 Å². The lowest BCUT2D eigenvalue weighted by Crippen LogP contribution is -2.32. The van der Waals surface area contributed by atoms with Crippen LogP contribution in [0.5, 0.6) is 11.5 Å². The normalized spacial score (nSPS) is 14.9. The zero-order chi connectivity index (χ0) is 20.1. The summed E-state index contributed by atoms with van der Waals surface area (Å²) in [6, 6.07) is 3.83. The molecule has 3 heterocycles. The SMILES string of the molecule is COc1c(OCCCCCCCn2ccnc2)ccc2c1CN1CC(=O)NC1=N2. The fraction of sp³-hybridized carbons (Fsp3) is 0.476. The predicted octanol–water partition coefficient (Wildman–Crippen LogP) is 2.85. The first kappa shape index (κ1) is 19.3. The van der Waals surface area contributed by atoms with Crippen molar-refractivity contribution in [2.75, 3.05) is 20.3 Å². The van der Waals surface area contributed by atoms with E-state index in [0.717, 1.165) is 36.4 Å². The van der Waals surface area contributed by atoms with Crippen LogP contribution in [0.25, 0.3) is 0 Å². The summed E-state index contributed by atoms with van der Waals surface area (Å²) in [6.07, 6.45) is 11.4. The van der Waals surface area contributed by atoms with Gasteiger partial charge < -0.3 is 18.9 Å². The first-order chi connectivity index (χ1) is 14.2. The number of methoxy groups -OCH3 is 1. The highest BCUT2D eigenvalue weighted by Crippen LogP contribution is 2.40. The minimum atomic E-state index is -0.0305. The summed E-state index contributed by atoms with van der Waals surface area (Å²) in [5.74, 6) is 2.04. The second-order valence-corrected chi connectivity index (χ2v) is 7.35. The largest absolute Gasteiger partial charge is 0.492 e. The first-order valence-electron chi connectivity index (χ1n) is 10.2. The van der Waals surface area contributed by atoms with Gasteiger partial charge in [-0.25, -0.2) is 9.98 Å². The number of aromatic nitrogens is 2. The Morgan fingerprint density at radius 3 is 2.83 bits per heavy atom. The van der Waals surface area contributed by atoms with Crippen LogP contribution in [0.3, 0.4) is 0 Å². The second-order valence-electron chi connectivity index (χ2n) is 7.35. The van der Waals surface area contributed by atoms with Crippen molar-refractivity contribution in [2.24, 2.45) is 4.99 Å². The van der Waals surface area contributed by atoms with Gasteiger partial charge in [0.25, 0.3) is 0 Å². The molecule has 154 valence electrons. The molecule has 2 aromatic rings. The molecule has 4 rings (SSSR count). The third kappa shape index (κ3) is 4.52. The number of carbonyl (C=O) groups excluding carboxylic acids is 1. The van der Waals surface area contributed by atoms with Crippen LogP contribution in [-0.4, -0.2) is 46.6 Å². The zero-order valence-corrected chi connectivity index (χ0v) is 16.8. The Morgan fingerprint density at radius 2 is 2.00 bits per heavy atom. The predicted molar refractivity (Wildman–Crippen MR) is 109 cm³/mol. The Morgan fingerprint density at radius 1 is 1.14 bits per heavy atom. The van der Waals surface area contributed by atoms with E-state index in [1.165, 1.54) is 19.3 Å². The molecule has 2 aliphatic heterocycles. The number of rotatable bonds is 10. The fourth-order valence-corrected chi connectivity index (χ4v) is 3.74. The monoisotopic (exact) mass is 397 g/mol. The third-order valence-corrected chi connectivity index (χ3v) is 5.24. The van der Waals surface area contributed by atoms with Crippen molar-refractivity contribution in [3.05, 3.63) is 36.4 Å². The number of nitrogens with one attached hydrogen (secondary N) is 1. The van der Waals surface area contributed by atoms with Crippen LogP contribution >= 0.6 is 0 Å². The fourth-order valence-electron chi connectivity index (χ4n) is 3.74. The lowest BCUT2D eigenvalue weighted by Gasteiger charge is -2.25. The van der Waals surface area contributed by atoms with Gasteiger partial charge in [-0.15, -0.1) is 0 Å². The van der Waals surface area contributed by atoms with E-state index in [4.69, 9.17) is 9.47 Å². The lowest BCUT2D eigenvalue weighted by molar-refractivity contribution is -0.118. The van der Waals surface area contributed by atoms with E-state index in [0.29, 0.717) is 31.4 Å². The molecule has 29 heavy (non-hydrogen) atoms. The van der Waals surface area contributed by atoms with Crippen molar-refractivity contribution >= 4 is 17.6 Å².